The van der Waals surface area contributed by atoms with Gasteiger partial charge < -0.3 is 10.1 Å². The Bertz CT molecular complexity index is 897. The maximum atomic E-state index is 12.5. The van der Waals surface area contributed by atoms with E-state index >= 15 is 0 Å². The predicted molar refractivity (Wildman–Crippen MR) is 93.6 cm³/mol. The molecule has 0 radical (unpaired) electrons. The summed E-state index contributed by atoms with van der Waals surface area (Å²) >= 11 is 0. The number of methoxy groups -OCH3 is 1. The molecule has 0 bridgehead atoms. The number of carbonyl (C=O) groups is 1. The quantitative estimate of drug-likeness (QED) is 0.285. The fraction of sp³-hybridized carbons (Fsp3) is 0.111. The van der Waals surface area contributed by atoms with Crippen LogP contribution in [0.4, 0.5) is 11.4 Å². The Balaban J connectivity index is 2.43. The second-order valence-electron chi connectivity index (χ2n) is 5.01. The first kappa shape index (κ1) is 17.7. The van der Waals surface area contributed by atoms with E-state index in [4.69, 9.17) is 4.74 Å². The first-order valence-corrected chi connectivity index (χ1v) is 7.27. The summed E-state index contributed by atoms with van der Waals surface area (Å²) < 4.78 is 5.07. The highest BCUT2D eigenvalue weighted by atomic mass is 16.6. The Morgan fingerprint density at radius 2 is 2.08 bits per heavy atom. The lowest BCUT2D eigenvalue weighted by molar-refractivity contribution is -0.383. The standard InChI is InChI=1S/C18H15N3O4/c1-20-16-7-6-12(9-17(16)21(23)24)8-14(11-19)18(22)13-4-3-5-15(10-13)25-2/h3-10,20H,1-2H3/b14-8+. The van der Waals surface area contributed by atoms with Gasteiger partial charge in [-0.25, -0.2) is 0 Å². The topological polar surface area (TPSA) is 105 Å². The van der Waals surface area contributed by atoms with Crippen LogP contribution in [0, 0.1) is 21.4 Å². The third kappa shape index (κ3) is 4.00. The predicted octanol–water partition coefficient (Wildman–Crippen LogP) is 3.43. The molecule has 2 aromatic rings. The van der Waals surface area contributed by atoms with E-state index in [-0.39, 0.29) is 11.3 Å². The number of nitrogens with zero attached hydrogens (tertiary/aromatic N) is 2. The van der Waals surface area contributed by atoms with Crippen molar-refractivity contribution in [1.29, 1.82) is 5.26 Å². The van der Waals surface area contributed by atoms with E-state index in [1.807, 2.05) is 6.07 Å². The molecule has 0 fully saturated rings. The SMILES string of the molecule is CNc1ccc(/C=C(\C#N)C(=O)c2cccc(OC)c2)cc1[N+](=O)[O-]. The molecule has 0 aliphatic rings. The smallest absolute Gasteiger partial charge is 0.292 e. The molecule has 0 unspecified atom stereocenters. The van der Waals surface area contributed by atoms with Gasteiger partial charge in [0.1, 0.15) is 23.1 Å². The van der Waals surface area contributed by atoms with Crippen LogP contribution < -0.4 is 10.1 Å². The van der Waals surface area contributed by atoms with Crippen molar-refractivity contribution in [3.05, 3.63) is 69.3 Å². The molecule has 0 aromatic heterocycles. The average molecular weight is 337 g/mol. The third-order valence-electron chi connectivity index (χ3n) is 3.50. The number of rotatable bonds is 6. The van der Waals surface area contributed by atoms with E-state index in [9.17, 15) is 20.2 Å². The largest absolute Gasteiger partial charge is 0.497 e. The van der Waals surface area contributed by atoms with E-state index in [2.05, 4.69) is 5.32 Å². The molecule has 0 heterocycles. The maximum Gasteiger partial charge on any atom is 0.292 e. The molecule has 126 valence electrons. The normalized spacial score (nSPS) is 10.7. The third-order valence-corrected chi connectivity index (χ3v) is 3.50. The number of nitrogens with one attached hydrogen (secondary N) is 1. The summed E-state index contributed by atoms with van der Waals surface area (Å²) in [5.74, 6) is 0.0129. The van der Waals surface area contributed by atoms with Crippen LogP contribution in [-0.4, -0.2) is 24.9 Å². The molecule has 2 rings (SSSR count). The number of Topliss-reactive ketones (excluding diaryl/α,β-unsaturated/α-hetero) is 1. The van der Waals surface area contributed by atoms with Gasteiger partial charge in [0.05, 0.1) is 12.0 Å². The number of carbonyl (C=O) groups excluding carboxylic acids is 1. The minimum absolute atomic E-state index is 0.125. The van der Waals surface area contributed by atoms with Gasteiger partial charge in [-0.05, 0) is 29.8 Å². The van der Waals surface area contributed by atoms with Gasteiger partial charge in [-0.2, -0.15) is 5.26 Å². The van der Waals surface area contributed by atoms with E-state index in [1.54, 1.807) is 31.3 Å². The Labute approximate surface area is 144 Å². The maximum absolute atomic E-state index is 12.5. The molecule has 0 saturated heterocycles. The first-order valence-electron chi connectivity index (χ1n) is 7.27. The highest BCUT2D eigenvalue weighted by Gasteiger charge is 2.16. The van der Waals surface area contributed by atoms with Crippen LogP contribution in [0.5, 0.6) is 5.75 Å². The second kappa shape index (κ2) is 7.75. The lowest BCUT2D eigenvalue weighted by Gasteiger charge is -2.05. The summed E-state index contributed by atoms with van der Waals surface area (Å²) in [5, 5.41) is 23.1. The Hall–Kier alpha value is -3.66. The highest BCUT2D eigenvalue weighted by molar-refractivity contribution is 6.14. The van der Waals surface area contributed by atoms with Gasteiger partial charge in [0.25, 0.3) is 5.69 Å². The number of ether oxygens (including phenoxy) is 1. The molecule has 7 nitrogen and oxygen atoms in total. The number of benzene rings is 2. The molecule has 25 heavy (non-hydrogen) atoms. The number of hydrogen-bond acceptors (Lipinski definition) is 6. The average Bonchev–Trinajstić information content (AvgIpc) is 2.65. The van der Waals surface area contributed by atoms with Crippen LogP contribution >= 0.6 is 0 Å². The van der Waals surface area contributed by atoms with Crippen LogP contribution in [0.15, 0.2) is 48.0 Å². The summed E-state index contributed by atoms with van der Waals surface area (Å²) in [6, 6.07) is 12.7. The molecule has 0 spiro atoms. The van der Waals surface area contributed by atoms with Crippen molar-refractivity contribution in [1.82, 2.24) is 0 Å². The Morgan fingerprint density at radius 3 is 2.68 bits per heavy atom. The zero-order valence-corrected chi connectivity index (χ0v) is 13.6. The van der Waals surface area contributed by atoms with Crippen LogP contribution in [0.2, 0.25) is 0 Å². The first-order chi connectivity index (χ1) is 12.0. The highest BCUT2D eigenvalue weighted by Crippen LogP contribution is 2.26. The molecule has 0 aliphatic heterocycles. The van der Waals surface area contributed by atoms with E-state index in [0.717, 1.165) is 0 Å². The minimum Gasteiger partial charge on any atom is -0.497 e. The van der Waals surface area contributed by atoms with Crippen LogP contribution in [0.25, 0.3) is 6.08 Å². The summed E-state index contributed by atoms with van der Waals surface area (Å²) in [4.78, 5) is 23.1. The van der Waals surface area contributed by atoms with E-state index < -0.39 is 10.7 Å². The molecule has 0 aliphatic carbocycles. The van der Waals surface area contributed by atoms with Gasteiger partial charge in [0, 0.05) is 18.7 Å². The van der Waals surface area contributed by atoms with Crippen molar-refractivity contribution >= 4 is 23.2 Å². The van der Waals surface area contributed by atoms with Gasteiger partial charge >= 0.3 is 0 Å². The van der Waals surface area contributed by atoms with Crippen molar-refractivity contribution in [2.45, 2.75) is 0 Å². The molecular weight excluding hydrogens is 322 g/mol. The number of allylic oxidation sites excluding steroid dienone is 1. The van der Waals surface area contributed by atoms with Gasteiger partial charge in [-0.1, -0.05) is 18.2 Å². The van der Waals surface area contributed by atoms with Crippen LogP contribution in [-0.2, 0) is 0 Å². The van der Waals surface area contributed by atoms with Crippen molar-refractivity contribution in [3.63, 3.8) is 0 Å². The van der Waals surface area contributed by atoms with Gasteiger partial charge in [-0.3, -0.25) is 14.9 Å². The minimum atomic E-state index is -0.529. The number of nitro groups is 1. The van der Waals surface area contributed by atoms with Crippen molar-refractivity contribution in [2.75, 3.05) is 19.5 Å². The summed E-state index contributed by atoms with van der Waals surface area (Å²) in [6.07, 6.45) is 1.33. The fourth-order valence-corrected chi connectivity index (χ4v) is 2.24. The number of nitriles is 1. The lowest BCUT2D eigenvalue weighted by Crippen LogP contribution is -2.02. The van der Waals surface area contributed by atoms with Crippen LogP contribution in [0.3, 0.4) is 0 Å². The molecule has 0 saturated carbocycles. The Kier molecular flexibility index (Phi) is 5.48. The zero-order valence-electron chi connectivity index (χ0n) is 13.6. The van der Waals surface area contributed by atoms with Crippen molar-refractivity contribution < 1.29 is 14.5 Å². The van der Waals surface area contributed by atoms with E-state index in [0.29, 0.717) is 22.6 Å². The molecule has 0 atom stereocenters. The van der Waals surface area contributed by atoms with Crippen molar-refractivity contribution in [2.24, 2.45) is 0 Å². The number of hydrogen-bond donors (Lipinski definition) is 1. The second-order valence-corrected chi connectivity index (χ2v) is 5.01. The molecule has 7 heteroatoms. The summed E-state index contributed by atoms with van der Waals surface area (Å²) in [6.45, 7) is 0. The van der Waals surface area contributed by atoms with Gasteiger partial charge in [-0.15, -0.1) is 0 Å². The number of nitro benzene ring substituents is 1. The van der Waals surface area contributed by atoms with Gasteiger partial charge in [0.15, 0.2) is 0 Å². The molecule has 1 N–H and O–H groups in total. The molecule has 2 aromatic carbocycles. The molecule has 0 amide bonds. The Morgan fingerprint density at radius 1 is 1.32 bits per heavy atom. The van der Waals surface area contributed by atoms with Crippen molar-refractivity contribution in [3.8, 4) is 11.8 Å². The van der Waals surface area contributed by atoms with Crippen LogP contribution in [0.1, 0.15) is 15.9 Å². The zero-order chi connectivity index (χ0) is 18.4. The number of anilines is 1. The summed E-state index contributed by atoms with van der Waals surface area (Å²) in [7, 11) is 3.05. The summed E-state index contributed by atoms with van der Waals surface area (Å²) in [5.41, 5.74) is 0.772. The van der Waals surface area contributed by atoms with E-state index in [1.165, 1.54) is 31.4 Å². The lowest BCUT2D eigenvalue weighted by atomic mass is 10.0. The fourth-order valence-electron chi connectivity index (χ4n) is 2.24. The van der Waals surface area contributed by atoms with Gasteiger partial charge in [0.2, 0.25) is 5.78 Å². The monoisotopic (exact) mass is 337 g/mol. The number of ketones is 1. The molecular formula is C18H15N3O4.